The lowest BCUT2D eigenvalue weighted by atomic mass is 9.97. The van der Waals surface area contributed by atoms with Crippen LogP contribution in [0.25, 0.3) is 0 Å². The molecule has 2 saturated heterocycles. The Morgan fingerprint density at radius 3 is 2.86 bits per heavy atom. The van der Waals surface area contributed by atoms with E-state index < -0.39 is 10.0 Å². The first kappa shape index (κ1) is 14.7. The van der Waals surface area contributed by atoms with Crippen molar-refractivity contribution in [2.24, 2.45) is 0 Å². The Balaban J connectivity index is 1.62. The third kappa shape index (κ3) is 3.17. The SMILES string of the molecule is Cc1ccc(N[C@@H]2CO[C@]3(CCN(S(C)(=O)=O)C3)C2)nn1. The van der Waals surface area contributed by atoms with Gasteiger partial charge in [-0.2, -0.15) is 9.40 Å². The van der Waals surface area contributed by atoms with Gasteiger partial charge in [0.1, 0.15) is 5.82 Å². The van der Waals surface area contributed by atoms with E-state index in [1.54, 1.807) is 0 Å². The van der Waals surface area contributed by atoms with E-state index >= 15 is 0 Å². The summed E-state index contributed by atoms with van der Waals surface area (Å²) in [5.74, 6) is 0.726. The number of hydrogen-bond acceptors (Lipinski definition) is 6. The number of ether oxygens (including phenoxy) is 1. The van der Waals surface area contributed by atoms with Gasteiger partial charge in [0.2, 0.25) is 10.0 Å². The minimum Gasteiger partial charge on any atom is -0.371 e. The van der Waals surface area contributed by atoms with Gasteiger partial charge in [0, 0.05) is 19.5 Å². The van der Waals surface area contributed by atoms with Crippen molar-refractivity contribution in [1.82, 2.24) is 14.5 Å². The summed E-state index contributed by atoms with van der Waals surface area (Å²) in [6, 6.07) is 3.94. The number of aryl methyl sites for hydroxylation is 1. The monoisotopic (exact) mass is 312 g/mol. The first-order valence-corrected chi connectivity index (χ1v) is 8.87. The summed E-state index contributed by atoms with van der Waals surface area (Å²) in [5.41, 5.74) is 0.526. The molecule has 1 aromatic rings. The topological polar surface area (TPSA) is 84.4 Å². The number of anilines is 1. The summed E-state index contributed by atoms with van der Waals surface area (Å²) in [6.45, 7) is 3.44. The molecule has 0 radical (unpaired) electrons. The molecule has 0 saturated carbocycles. The van der Waals surface area contributed by atoms with E-state index in [9.17, 15) is 8.42 Å². The fourth-order valence-electron chi connectivity index (χ4n) is 3.00. The number of nitrogens with zero attached hydrogens (tertiary/aromatic N) is 3. The van der Waals surface area contributed by atoms with E-state index in [1.165, 1.54) is 10.6 Å². The molecule has 2 atom stereocenters. The van der Waals surface area contributed by atoms with Crippen LogP contribution in [0.1, 0.15) is 18.5 Å². The fraction of sp³-hybridized carbons (Fsp3) is 0.692. The van der Waals surface area contributed by atoms with Gasteiger partial charge in [-0.05, 0) is 25.5 Å². The second-order valence-corrected chi connectivity index (χ2v) is 7.93. The molecular formula is C13H20N4O3S. The summed E-state index contributed by atoms with van der Waals surface area (Å²) in [4.78, 5) is 0. The molecule has 0 unspecified atom stereocenters. The maximum atomic E-state index is 11.6. The molecule has 3 rings (SSSR count). The maximum Gasteiger partial charge on any atom is 0.211 e. The van der Waals surface area contributed by atoms with Gasteiger partial charge < -0.3 is 10.1 Å². The van der Waals surface area contributed by atoms with Crippen LogP contribution in [-0.2, 0) is 14.8 Å². The molecule has 1 spiro atoms. The largest absolute Gasteiger partial charge is 0.371 e. The lowest BCUT2D eigenvalue weighted by Crippen LogP contribution is -2.35. The Labute approximate surface area is 124 Å². The maximum absolute atomic E-state index is 11.6. The second-order valence-electron chi connectivity index (χ2n) is 5.95. The third-order valence-electron chi connectivity index (χ3n) is 4.11. The molecule has 0 amide bonds. The normalized spacial score (nSPS) is 30.1. The zero-order chi connectivity index (χ0) is 15.1. The molecule has 1 aromatic heterocycles. The smallest absolute Gasteiger partial charge is 0.211 e. The average molecular weight is 312 g/mol. The van der Waals surface area contributed by atoms with Crippen molar-refractivity contribution < 1.29 is 13.2 Å². The highest BCUT2D eigenvalue weighted by atomic mass is 32.2. The predicted molar refractivity (Wildman–Crippen MR) is 78.5 cm³/mol. The molecule has 2 fully saturated rings. The van der Waals surface area contributed by atoms with E-state index in [4.69, 9.17) is 4.74 Å². The van der Waals surface area contributed by atoms with Crippen molar-refractivity contribution in [3.8, 4) is 0 Å². The minimum absolute atomic E-state index is 0.140. The summed E-state index contributed by atoms with van der Waals surface area (Å²) in [7, 11) is -3.14. The van der Waals surface area contributed by atoms with Crippen molar-refractivity contribution in [3.05, 3.63) is 17.8 Å². The Morgan fingerprint density at radius 1 is 1.43 bits per heavy atom. The molecule has 0 aliphatic carbocycles. The van der Waals surface area contributed by atoms with Crippen LogP contribution in [0.3, 0.4) is 0 Å². The fourth-order valence-corrected chi connectivity index (χ4v) is 3.89. The molecule has 116 valence electrons. The Morgan fingerprint density at radius 2 is 2.24 bits per heavy atom. The molecule has 7 nitrogen and oxygen atoms in total. The average Bonchev–Trinajstić information content (AvgIpc) is 3.00. The van der Waals surface area contributed by atoms with Gasteiger partial charge in [-0.15, -0.1) is 5.10 Å². The molecule has 2 aliphatic heterocycles. The lowest BCUT2D eigenvalue weighted by molar-refractivity contribution is 0.0173. The highest BCUT2D eigenvalue weighted by molar-refractivity contribution is 7.88. The lowest BCUT2D eigenvalue weighted by Gasteiger charge is -2.22. The van der Waals surface area contributed by atoms with Gasteiger partial charge in [-0.25, -0.2) is 8.42 Å². The third-order valence-corrected chi connectivity index (χ3v) is 5.36. The van der Waals surface area contributed by atoms with E-state index in [2.05, 4.69) is 15.5 Å². The number of hydrogen-bond donors (Lipinski definition) is 1. The van der Waals surface area contributed by atoms with Crippen LogP contribution in [0.5, 0.6) is 0 Å². The van der Waals surface area contributed by atoms with E-state index in [-0.39, 0.29) is 11.6 Å². The molecular weight excluding hydrogens is 292 g/mol. The van der Waals surface area contributed by atoms with Gasteiger partial charge >= 0.3 is 0 Å². The molecule has 21 heavy (non-hydrogen) atoms. The van der Waals surface area contributed by atoms with Crippen LogP contribution >= 0.6 is 0 Å². The minimum atomic E-state index is -3.14. The Kier molecular flexibility index (Phi) is 3.62. The molecule has 0 bridgehead atoms. The van der Waals surface area contributed by atoms with Gasteiger partial charge in [0.25, 0.3) is 0 Å². The van der Waals surface area contributed by atoms with Gasteiger partial charge in [-0.1, -0.05) is 0 Å². The van der Waals surface area contributed by atoms with Crippen LogP contribution in [0.4, 0.5) is 5.82 Å². The second kappa shape index (κ2) is 5.19. The van der Waals surface area contributed by atoms with Crippen molar-refractivity contribution in [1.29, 1.82) is 0 Å². The predicted octanol–water partition coefficient (Wildman–Crippen LogP) is 0.390. The molecule has 0 aromatic carbocycles. The Hall–Kier alpha value is -1.25. The highest BCUT2D eigenvalue weighted by Gasteiger charge is 2.47. The van der Waals surface area contributed by atoms with Crippen LogP contribution in [0, 0.1) is 6.92 Å². The van der Waals surface area contributed by atoms with E-state index in [0.29, 0.717) is 19.7 Å². The Bertz CT molecular complexity index is 619. The highest BCUT2D eigenvalue weighted by Crippen LogP contribution is 2.36. The summed E-state index contributed by atoms with van der Waals surface area (Å²) < 4.78 is 30.6. The molecule has 3 heterocycles. The summed E-state index contributed by atoms with van der Waals surface area (Å²) in [6.07, 6.45) is 2.78. The molecule has 8 heteroatoms. The van der Waals surface area contributed by atoms with Crippen molar-refractivity contribution in [2.45, 2.75) is 31.4 Å². The van der Waals surface area contributed by atoms with E-state index in [0.717, 1.165) is 24.4 Å². The quantitative estimate of drug-likeness (QED) is 0.869. The van der Waals surface area contributed by atoms with Crippen LogP contribution < -0.4 is 5.32 Å². The van der Waals surface area contributed by atoms with E-state index in [1.807, 2.05) is 19.1 Å². The van der Waals surface area contributed by atoms with Crippen LogP contribution in [0.15, 0.2) is 12.1 Å². The number of nitrogens with one attached hydrogen (secondary N) is 1. The molecule has 2 aliphatic rings. The number of sulfonamides is 1. The van der Waals surface area contributed by atoms with Crippen LogP contribution in [-0.4, -0.2) is 60.5 Å². The zero-order valence-electron chi connectivity index (χ0n) is 12.2. The number of aromatic nitrogens is 2. The van der Waals surface area contributed by atoms with Gasteiger partial charge in [0.05, 0.1) is 30.2 Å². The first-order chi connectivity index (χ1) is 9.86. The summed E-state index contributed by atoms with van der Waals surface area (Å²) >= 11 is 0. The molecule has 1 N–H and O–H groups in total. The first-order valence-electron chi connectivity index (χ1n) is 7.02. The zero-order valence-corrected chi connectivity index (χ0v) is 13.1. The number of rotatable bonds is 3. The van der Waals surface area contributed by atoms with Crippen molar-refractivity contribution >= 4 is 15.8 Å². The summed E-state index contributed by atoms with van der Waals surface area (Å²) in [5, 5.41) is 11.4. The standard InChI is InChI=1S/C13H20N4O3S/c1-10-3-4-12(16-15-10)14-11-7-13(20-8-11)5-6-17(9-13)21(2,18)19/h3-4,11H,5-9H2,1-2H3,(H,14,16)/t11-,13+/m0/s1. The van der Waals surface area contributed by atoms with Crippen molar-refractivity contribution in [3.63, 3.8) is 0 Å². The van der Waals surface area contributed by atoms with Crippen molar-refractivity contribution in [2.75, 3.05) is 31.3 Å². The van der Waals surface area contributed by atoms with Gasteiger partial charge in [-0.3, -0.25) is 0 Å². The van der Waals surface area contributed by atoms with Gasteiger partial charge in [0.15, 0.2) is 0 Å². The van der Waals surface area contributed by atoms with Crippen LogP contribution in [0.2, 0.25) is 0 Å².